The van der Waals surface area contributed by atoms with E-state index in [1.807, 2.05) is 85.8 Å². The van der Waals surface area contributed by atoms with Crippen LogP contribution in [0.3, 0.4) is 0 Å². The van der Waals surface area contributed by atoms with E-state index in [4.69, 9.17) is 13.6 Å². The molecule has 0 aliphatic heterocycles. The molecule has 0 saturated heterocycles. The predicted octanol–water partition coefficient (Wildman–Crippen LogP) is 5.51. The van der Waals surface area contributed by atoms with Crippen molar-refractivity contribution in [2.45, 2.75) is 6.92 Å². The molecule has 4 aromatic carbocycles. The molecule has 0 fully saturated rings. The summed E-state index contributed by atoms with van der Waals surface area (Å²) in [7, 11) is 5.73. The zero-order valence-corrected chi connectivity index (χ0v) is 15.6. The van der Waals surface area contributed by atoms with Crippen LogP contribution < -0.4 is 11.2 Å². The van der Waals surface area contributed by atoms with Gasteiger partial charge in [0.15, 0.2) is 0 Å². The normalized spacial score (nSPS) is 10.8. The SMILES string of the molecule is [B]c1ccc(-c2ccc(-c3ccc(-c4ccc(N)cc4C)cc3)c(F)c2)cc1. The fourth-order valence-electron chi connectivity index (χ4n) is 3.44. The highest BCUT2D eigenvalue weighted by molar-refractivity contribution is 6.32. The van der Waals surface area contributed by atoms with E-state index in [-0.39, 0.29) is 5.82 Å². The van der Waals surface area contributed by atoms with Gasteiger partial charge in [-0.15, -0.1) is 0 Å². The van der Waals surface area contributed by atoms with E-state index in [1.165, 1.54) is 0 Å². The maximum absolute atomic E-state index is 14.8. The molecule has 0 heterocycles. The summed E-state index contributed by atoms with van der Waals surface area (Å²) in [5, 5.41) is 0. The van der Waals surface area contributed by atoms with Crippen molar-refractivity contribution in [3.8, 4) is 33.4 Å². The number of nitrogens with two attached hydrogens (primary N) is 1. The Kier molecular flexibility index (Phi) is 4.74. The maximum atomic E-state index is 14.8. The molecule has 28 heavy (non-hydrogen) atoms. The second kappa shape index (κ2) is 7.36. The summed E-state index contributed by atoms with van der Waals surface area (Å²) >= 11 is 0. The van der Waals surface area contributed by atoms with Crippen LogP contribution in [0.15, 0.2) is 84.9 Å². The predicted molar refractivity (Wildman–Crippen MR) is 117 cm³/mol. The average Bonchev–Trinajstić information content (AvgIpc) is 2.69. The fraction of sp³-hybridized carbons (Fsp3) is 0.0400. The molecule has 4 rings (SSSR count). The molecule has 0 aromatic heterocycles. The third-order valence-electron chi connectivity index (χ3n) is 4.97. The van der Waals surface area contributed by atoms with Gasteiger partial charge in [-0.3, -0.25) is 0 Å². The van der Waals surface area contributed by atoms with Gasteiger partial charge < -0.3 is 5.73 Å². The van der Waals surface area contributed by atoms with Gasteiger partial charge in [0.2, 0.25) is 0 Å². The largest absolute Gasteiger partial charge is 0.399 e. The Labute approximate surface area is 166 Å². The molecule has 0 spiro atoms. The van der Waals surface area contributed by atoms with Crippen LogP contribution >= 0.6 is 0 Å². The van der Waals surface area contributed by atoms with E-state index in [0.717, 1.165) is 39.1 Å². The minimum Gasteiger partial charge on any atom is -0.399 e. The molecule has 0 unspecified atom stereocenters. The Morgan fingerprint density at radius 2 is 1.18 bits per heavy atom. The first-order valence-electron chi connectivity index (χ1n) is 9.14. The van der Waals surface area contributed by atoms with E-state index in [9.17, 15) is 4.39 Å². The zero-order chi connectivity index (χ0) is 19.7. The molecule has 0 amide bonds. The average molecular weight is 363 g/mol. The van der Waals surface area contributed by atoms with E-state index < -0.39 is 0 Å². The zero-order valence-electron chi connectivity index (χ0n) is 15.6. The lowest BCUT2D eigenvalue weighted by Crippen LogP contribution is -1.99. The first kappa shape index (κ1) is 18.1. The van der Waals surface area contributed by atoms with Crippen molar-refractivity contribution in [3.63, 3.8) is 0 Å². The number of hydrogen-bond donors (Lipinski definition) is 1. The van der Waals surface area contributed by atoms with Crippen molar-refractivity contribution in [2.24, 2.45) is 0 Å². The summed E-state index contributed by atoms with van der Waals surface area (Å²) in [4.78, 5) is 0. The van der Waals surface area contributed by atoms with Crippen molar-refractivity contribution in [1.29, 1.82) is 0 Å². The Bertz CT molecular complexity index is 1130. The molecular weight excluding hydrogens is 344 g/mol. The topological polar surface area (TPSA) is 26.0 Å². The number of nitrogen functional groups attached to an aromatic ring is 1. The molecule has 0 bridgehead atoms. The van der Waals surface area contributed by atoms with Crippen molar-refractivity contribution in [3.05, 3.63) is 96.3 Å². The third kappa shape index (κ3) is 3.56. The Morgan fingerprint density at radius 1 is 0.643 bits per heavy atom. The van der Waals surface area contributed by atoms with Crippen LogP contribution in [0.5, 0.6) is 0 Å². The van der Waals surface area contributed by atoms with E-state index in [2.05, 4.69) is 0 Å². The number of aryl methyl sites for hydroxylation is 1. The number of benzene rings is 4. The molecule has 3 heteroatoms. The Balaban J connectivity index is 1.65. The van der Waals surface area contributed by atoms with Gasteiger partial charge in [0.1, 0.15) is 13.7 Å². The van der Waals surface area contributed by atoms with Gasteiger partial charge in [-0.25, -0.2) is 4.39 Å². The quantitative estimate of drug-likeness (QED) is 0.377. The number of anilines is 1. The highest BCUT2D eigenvalue weighted by Gasteiger charge is 2.09. The third-order valence-corrected chi connectivity index (χ3v) is 4.97. The number of hydrogen-bond acceptors (Lipinski definition) is 1. The highest BCUT2D eigenvalue weighted by Crippen LogP contribution is 2.31. The highest BCUT2D eigenvalue weighted by atomic mass is 19.1. The summed E-state index contributed by atoms with van der Waals surface area (Å²) in [6, 6.07) is 26.6. The minimum atomic E-state index is -0.245. The first-order valence-corrected chi connectivity index (χ1v) is 9.14. The molecule has 0 aliphatic carbocycles. The summed E-state index contributed by atoms with van der Waals surface area (Å²) in [6.07, 6.45) is 0. The van der Waals surface area contributed by atoms with Crippen molar-refractivity contribution in [1.82, 2.24) is 0 Å². The molecular formula is C25H19BFN. The van der Waals surface area contributed by atoms with Crippen molar-refractivity contribution in [2.75, 3.05) is 5.73 Å². The van der Waals surface area contributed by atoms with Crippen LogP contribution in [0.4, 0.5) is 10.1 Å². The van der Waals surface area contributed by atoms with Gasteiger partial charge in [0.05, 0.1) is 0 Å². The smallest absolute Gasteiger partial charge is 0.131 e. The molecule has 4 aromatic rings. The number of halogens is 1. The second-order valence-corrected chi connectivity index (χ2v) is 6.97. The summed E-state index contributed by atoms with van der Waals surface area (Å²) in [6.45, 7) is 2.04. The van der Waals surface area contributed by atoms with Gasteiger partial charge in [-0.2, -0.15) is 0 Å². The molecule has 0 saturated carbocycles. The van der Waals surface area contributed by atoms with E-state index in [1.54, 1.807) is 6.07 Å². The van der Waals surface area contributed by atoms with Crippen molar-refractivity contribution >= 4 is 19.0 Å². The lowest BCUT2D eigenvalue weighted by Gasteiger charge is -2.10. The molecule has 2 radical (unpaired) electrons. The van der Waals surface area contributed by atoms with E-state index in [0.29, 0.717) is 11.0 Å². The van der Waals surface area contributed by atoms with Crippen LogP contribution in [-0.4, -0.2) is 7.85 Å². The molecule has 0 atom stereocenters. The van der Waals surface area contributed by atoms with Gasteiger partial charge in [0, 0.05) is 11.3 Å². The second-order valence-electron chi connectivity index (χ2n) is 6.97. The van der Waals surface area contributed by atoms with Crippen LogP contribution in [0.1, 0.15) is 5.56 Å². The molecule has 1 nitrogen and oxygen atoms in total. The van der Waals surface area contributed by atoms with E-state index >= 15 is 0 Å². The van der Waals surface area contributed by atoms with Crippen LogP contribution in [0, 0.1) is 12.7 Å². The molecule has 134 valence electrons. The standard InChI is InChI=1S/C25H19BFN/c1-16-14-22(28)11-13-23(16)18-2-4-19(5-3-18)24-12-8-20(15-25(24)27)17-6-9-21(26)10-7-17/h2-15H,28H2,1H3. The molecule has 0 aliphatic rings. The molecule has 2 N–H and O–H groups in total. The van der Waals surface area contributed by atoms with Crippen molar-refractivity contribution < 1.29 is 4.39 Å². The summed E-state index contributed by atoms with van der Waals surface area (Å²) < 4.78 is 14.8. The van der Waals surface area contributed by atoms with Crippen LogP contribution in [-0.2, 0) is 0 Å². The lowest BCUT2D eigenvalue weighted by atomic mass is 9.93. The van der Waals surface area contributed by atoms with Gasteiger partial charge >= 0.3 is 0 Å². The van der Waals surface area contributed by atoms with Crippen LogP contribution in [0.25, 0.3) is 33.4 Å². The number of rotatable bonds is 3. The van der Waals surface area contributed by atoms with Gasteiger partial charge in [0.25, 0.3) is 0 Å². The Morgan fingerprint density at radius 3 is 1.79 bits per heavy atom. The Hall–Kier alpha value is -3.33. The van der Waals surface area contributed by atoms with Gasteiger partial charge in [-0.1, -0.05) is 72.2 Å². The maximum Gasteiger partial charge on any atom is 0.131 e. The lowest BCUT2D eigenvalue weighted by molar-refractivity contribution is 0.632. The monoisotopic (exact) mass is 363 g/mol. The van der Waals surface area contributed by atoms with Gasteiger partial charge in [-0.05, 0) is 58.5 Å². The summed E-state index contributed by atoms with van der Waals surface area (Å²) in [5.41, 5.74) is 13.8. The fourth-order valence-corrected chi connectivity index (χ4v) is 3.44. The minimum absolute atomic E-state index is 0.245. The first-order chi connectivity index (χ1) is 13.5. The summed E-state index contributed by atoms with van der Waals surface area (Å²) in [5.74, 6) is -0.245. The van der Waals surface area contributed by atoms with Crippen LogP contribution in [0.2, 0.25) is 0 Å².